The molecule has 1 aromatic carbocycles. The molecule has 35 heavy (non-hydrogen) atoms. The number of hydrogen-bond acceptors (Lipinski definition) is 6. The van der Waals surface area contributed by atoms with Gasteiger partial charge in [-0.1, -0.05) is 19.4 Å². The Morgan fingerprint density at radius 2 is 2.14 bits per heavy atom. The summed E-state index contributed by atoms with van der Waals surface area (Å²) in [6.07, 6.45) is 7.51. The van der Waals surface area contributed by atoms with Crippen molar-refractivity contribution in [1.82, 2.24) is 4.98 Å². The minimum atomic E-state index is 0.175. The number of nitrogens with one attached hydrogen (secondary N) is 1. The predicted octanol–water partition coefficient (Wildman–Crippen LogP) is 6.90. The van der Waals surface area contributed by atoms with Crippen molar-refractivity contribution in [3.05, 3.63) is 69.2 Å². The summed E-state index contributed by atoms with van der Waals surface area (Å²) >= 11 is 3.75. The number of rotatable bonds is 8. The van der Waals surface area contributed by atoms with Gasteiger partial charge in [-0.05, 0) is 66.2 Å². The zero-order chi connectivity index (χ0) is 24.9. The normalized spacial score (nSPS) is 17.9. The maximum Gasteiger partial charge on any atom is 0.161 e. The monoisotopic (exact) mass is 534 g/mol. The van der Waals surface area contributed by atoms with Crippen molar-refractivity contribution in [2.75, 3.05) is 16.8 Å². The number of nitrogens with zero attached hydrogens (tertiary/aromatic N) is 3. The topological polar surface area (TPSA) is 78.2 Å². The van der Waals surface area contributed by atoms with E-state index in [-0.39, 0.29) is 5.78 Å². The van der Waals surface area contributed by atoms with Gasteiger partial charge in [0.25, 0.3) is 0 Å². The van der Waals surface area contributed by atoms with Gasteiger partial charge in [-0.2, -0.15) is 5.26 Å². The molecular formula is C28H31BrN4O2. The molecule has 2 heterocycles. The number of carbonyl (C=O) groups excluding carboxylic acids is 1. The number of ether oxygens (including phenoxy) is 1. The van der Waals surface area contributed by atoms with E-state index < -0.39 is 0 Å². The van der Waals surface area contributed by atoms with Crippen molar-refractivity contribution in [1.29, 1.82) is 5.26 Å². The fourth-order valence-electron chi connectivity index (χ4n) is 5.00. The molecule has 182 valence electrons. The first-order valence-corrected chi connectivity index (χ1v) is 13.0. The number of carbonyl (C=O) groups is 1. The molecule has 1 aromatic heterocycles. The van der Waals surface area contributed by atoms with Crippen molar-refractivity contribution >= 4 is 33.1 Å². The summed E-state index contributed by atoms with van der Waals surface area (Å²) in [5, 5.41) is 13.3. The minimum Gasteiger partial charge on any atom is -0.492 e. The highest BCUT2D eigenvalue weighted by Gasteiger charge is 2.35. The van der Waals surface area contributed by atoms with E-state index in [9.17, 15) is 10.1 Å². The molecule has 2 aromatic rings. The molecule has 7 heteroatoms. The maximum atomic E-state index is 13.1. The van der Waals surface area contributed by atoms with Crippen molar-refractivity contribution in [3.63, 3.8) is 0 Å². The van der Waals surface area contributed by atoms with Gasteiger partial charge in [0, 0.05) is 59.3 Å². The summed E-state index contributed by atoms with van der Waals surface area (Å²) in [7, 11) is 0. The van der Waals surface area contributed by atoms with E-state index >= 15 is 0 Å². The number of benzene rings is 1. The number of aromatic nitrogens is 1. The minimum absolute atomic E-state index is 0.175. The summed E-state index contributed by atoms with van der Waals surface area (Å²) < 4.78 is 6.90. The van der Waals surface area contributed by atoms with E-state index in [1.807, 2.05) is 44.3 Å². The Hall–Kier alpha value is -3.11. The van der Waals surface area contributed by atoms with Gasteiger partial charge in [-0.3, -0.25) is 9.78 Å². The van der Waals surface area contributed by atoms with Gasteiger partial charge < -0.3 is 15.0 Å². The summed E-state index contributed by atoms with van der Waals surface area (Å²) in [5.74, 6) is 1.22. The van der Waals surface area contributed by atoms with Crippen LogP contribution < -0.4 is 15.0 Å². The quantitative estimate of drug-likeness (QED) is 0.396. The van der Waals surface area contributed by atoms with Gasteiger partial charge >= 0.3 is 0 Å². The fourth-order valence-corrected chi connectivity index (χ4v) is 5.57. The van der Waals surface area contributed by atoms with E-state index in [1.54, 1.807) is 6.20 Å². The van der Waals surface area contributed by atoms with E-state index in [2.05, 4.69) is 44.1 Å². The van der Waals surface area contributed by atoms with Gasteiger partial charge in [-0.15, -0.1) is 0 Å². The Morgan fingerprint density at radius 3 is 2.83 bits per heavy atom. The summed E-state index contributed by atoms with van der Waals surface area (Å²) in [6.45, 7) is 7.21. The lowest BCUT2D eigenvalue weighted by molar-refractivity contribution is -0.117. The molecule has 1 aliphatic carbocycles. The lowest BCUT2D eigenvalue weighted by Crippen LogP contribution is -2.34. The van der Waals surface area contributed by atoms with E-state index in [1.165, 1.54) is 0 Å². The highest BCUT2D eigenvalue weighted by Crippen LogP contribution is 2.46. The number of anilines is 2. The molecule has 0 bridgehead atoms. The summed E-state index contributed by atoms with van der Waals surface area (Å²) in [5.41, 5.74) is 6.14. The Balaban J connectivity index is 1.75. The molecule has 0 amide bonds. The molecule has 1 unspecified atom stereocenters. The Morgan fingerprint density at radius 1 is 1.31 bits per heavy atom. The lowest BCUT2D eigenvalue weighted by Gasteiger charge is -2.39. The van der Waals surface area contributed by atoms with Crippen LogP contribution in [-0.4, -0.2) is 17.4 Å². The second kappa shape index (κ2) is 11.1. The van der Waals surface area contributed by atoms with Crippen molar-refractivity contribution in [2.45, 2.75) is 59.4 Å². The molecule has 0 radical (unpaired) electrons. The van der Waals surface area contributed by atoms with Gasteiger partial charge in [0.1, 0.15) is 5.75 Å². The molecule has 4 rings (SSSR count). The van der Waals surface area contributed by atoms with Crippen LogP contribution in [0.1, 0.15) is 58.4 Å². The number of ketones is 1. The Kier molecular flexibility index (Phi) is 7.92. The van der Waals surface area contributed by atoms with Crippen LogP contribution in [0.3, 0.4) is 0 Å². The SMILES string of the molecule is CCCC1CC(=O)C2=C(C1)N(c1cc(Br)c(NCc3cccnc3)c(OCC)c1)C(C)=C(C#N)C2. The second-order valence-electron chi connectivity index (χ2n) is 9.05. The first kappa shape index (κ1) is 25.0. The summed E-state index contributed by atoms with van der Waals surface area (Å²) in [6, 6.07) is 10.3. The van der Waals surface area contributed by atoms with Crippen LogP contribution in [0.2, 0.25) is 0 Å². The maximum absolute atomic E-state index is 13.1. The number of nitriles is 1. The number of Topliss-reactive ketones (excluding diaryl/α,β-unsaturated/α-hetero) is 1. The largest absolute Gasteiger partial charge is 0.492 e. The average Bonchev–Trinajstić information content (AvgIpc) is 2.84. The molecule has 1 N–H and O–H groups in total. The zero-order valence-electron chi connectivity index (χ0n) is 20.5. The van der Waals surface area contributed by atoms with Gasteiger partial charge in [-0.25, -0.2) is 0 Å². The average molecular weight is 535 g/mol. The molecule has 2 aliphatic rings. The second-order valence-corrected chi connectivity index (χ2v) is 9.90. The fraction of sp³-hybridized carbons (Fsp3) is 0.393. The van der Waals surface area contributed by atoms with Crippen molar-refractivity contribution in [2.24, 2.45) is 5.92 Å². The van der Waals surface area contributed by atoms with Crippen molar-refractivity contribution in [3.8, 4) is 11.8 Å². The third-order valence-electron chi connectivity index (χ3n) is 6.66. The van der Waals surface area contributed by atoms with Crippen LogP contribution in [0, 0.1) is 17.2 Å². The van der Waals surface area contributed by atoms with Gasteiger partial charge in [0.2, 0.25) is 0 Å². The van der Waals surface area contributed by atoms with E-state index in [0.29, 0.717) is 43.2 Å². The number of pyridine rings is 1. The van der Waals surface area contributed by atoms with E-state index in [0.717, 1.165) is 57.6 Å². The molecule has 0 fully saturated rings. The highest BCUT2D eigenvalue weighted by molar-refractivity contribution is 9.10. The van der Waals surface area contributed by atoms with Crippen LogP contribution >= 0.6 is 15.9 Å². The van der Waals surface area contributed by atoms with Crippen LogP contribution in [-0.2, 0) is 11.3 Å². The third-order valence-corrected chi connectivity index (χ3v) is 7.28. The van der Waals surface area contributed by atoms with Crippen LogP contribution in [0.25, 0.3) is 0 Å². The Bertz CT molecular complexity index is 1210. The molecule has 0 saturated carbocycles. The van der Waals surface area contributed by atoms with Gasteiger partial charge in [0.05, 0.1) is 29.6 Å². The first-order chi connectivity index (χ1) is 17.0. The Labute approximate surface area is 215 Å². The lowest BCUT2D eigenvalue weighted by atomic mass is 9.79. The first-order valence-electron chi connectivity index (χ1n) is 12.2. The summed E-state index contributed by atoms with van der Waals surface area (Å²) in [4.78, 5) is 19.4. The molecule has 1 aliphatic heterocycles. The molecular weight excluding hydrogens is 504 g/mol. The third kappa shape index (κ3) is 5.28. The predicted molar refractivity (Wildman–Crippen MR) is 142 cm³/mol. The van der Waals surface area contributed by atoms with Crippen LogP contribution in [0.15, 0.2) is 63.7 Å². The van der Waals surface area contributed by atoms with Crippen LogP contribution in [0.5, 0.6) is 5.75 Å². The smallest absolute Gasteiger partial charge is 0.161 e. The number of halogens is 1. The zero-order valence-corrected chi connectivity index (χ0v) is 22.1. The van der Waals surface area contributed by atoms with Gasteiger partial charge in [0.15, 0.2) is 5.78 Å². The molecule has 6 nitrogen and oxygen atoms in total. The molecule has 0 spiro atoms. The molecule has 0 saturated heterocycles. The number of allylic oxidation sites excluding steroid dienone is 4. The van der Waals surface area contributed by atoms with Crippen molar-refractivity contribution < 1.29 is 9.53 Å². The number of hydrogen-bond donors (Lipinski definition) is 1. The van der Waals surface area contributed by atoms with E-state index in [4.69, 9.17) is 4.74 Å². The molecule has 1 atom stereocenters. The highest BCUT2D eigenvalue weighted by atomic mass is 79.9. The van der Waals surface area contributed by atoms with Crippen LogP contribution in [0.4, 0.5) is 11.4 Å². The standard InChI is InChI=1S/C28H31BrN4O2/c1-4-7-19-10-25-23(26(34)11-19)12-21(15-30)18(3)33(25)22-13-24(29)28(27(14-22)35-5-2)32-17-20-8-6-9-31-16-20/h6,8-9,13-14,16,19,32H,4-5,7,10-12,17H2,1-3H3.